The third-order valence-electron chi connectivity index (χ3n) is 6.85. The summed E-state index contributed by atoms with van der Waals surface area (Å²) < 4.78 is 76.6. The molecule has 3 aromatic heterocycles. The molecule has 0 bridgehead atoms. The highest BCUT2D eigenvalue weighted by Crippen LogP contribution is 2.40. The van der Waals surface area contributed by atoms with Crippen LogP contribution >= 0.6 is 11.3 Å². The summed E-state index contributed by atoms with van der Waals surface area (Å²) in [5.74, 6) is -2.43. The SMILES string of the molecule is CCNc1nc(-c2ccc(F)c(NS(=O)(=O)c3c(F)cccc3F)c2)c(-c2ccnc(Nc3ccc(N4CCOCC4)nc3)n2)s1. The fraction of sp³-hybridized carbons (Fsp3) is 0.200. The number of aromatic nitrogens is 4. The second kappa shape index (κ2) is 13.3. The molecule has 238 valence electrons. The highest BCUT2D eigenvalue weighted by molar-refractivity contribution is 7.92. The van der Waals surface area contributed by atoms with Crippen molar-refractivity contribution in [3.05, 3.63) is 84.4 Å². The summed E-state index contributed by atoms with van der Waals surface area (Å²) >= 11 is 1.29. The van der Waals surface area contributed by atoms with E-state index in [9.17, 15) is 21.6 Å². The van der Waals surface area contributed by atoms with Gasteiger partial charge in [0.2, 0.25) is 5.95 Å². The van der Waals surface area contributed by atoms with Gasteiger partial charge in [0, 0.05) is 31.4 Å². The Kier molecular flexibility index (Phi) is 9.01. The van der Waals surface area contributed by atoms with Crippen molar-refractivity contribution in [1.82, 2.24) is 19.9 Å². The summed E-state index contributed by atoms with van der Waals surface area (Å²) in [7, 11) is -4.82. The van der Waals surface area contributed by atoms with Gasteiger partial charge in [0.25, 0.3) is 10.0 Å². The van der Waals surface area contributed by atoms with Crippen LogP contribution in [0, 0.1) is 17.5 Å². The number of anilines is 5. The average Bonchev–Trinajstić information content (AvgIpc) is 3.47. The Bertz CT molecular complexity index is 1950. The van der Waals surface area contributed by atoms with Crippen LogP contribution < -0.4 is 20.3 Å². The normalized spacial score (nSPS) is 13.4. The summed E-state index contributed by atoms with van der Waals surface area (Å²) in [6, 6.07) is 11.8. The predicted molar refractivity (Wildman–Crippen MR) is 170 cm³/mol. The molecule has 1 aliphatic rings. The van der Waals surface area contributed by atoms with Crippen LogP contribution in [-0.2, 0) is 14.8 Å². The summed E-state index contributed by atoms with van der Waals surface area (Å²) in [4.78, 5) is 19.7. The van der Waals surface area contributed by atoms with Gasteiger partial charge < -0.3 is 20.3 Å². The van der Waals surface area contributed by atoms with E-state index in [4.69, 9.17) is 4.74 Å². The number of nitrogens with one attached hydrogen (secondary N) is 3. The van der Waals surface area contributed by atoms with Crippen LogP contribution in [-0.4, -0.2) is 61.2 Å². The largest absolute Gasteiger partial charge is 0.378 e. The quantitative estimate of drug-likeness (QED) is 0.165. The first-order valence-corrected chi connectivity index (χ1v) is 16.4. The van der Waals surface area contributed by atoms with Crippen LogP contribution in [0.25, 0.3) is 21.8 Å². The molecule has 11 nitrogen and oxygen atoms in total. The van der Waals surface area contributed by atoms with Gasteiger partial charge in [-0.05, 0) is 55.5 Å². The monoisotopic (exact) mass is 668 g/mol. The first-order valence-electron chi connectivity index (χ1n) is 14.1. The molecule has 0 radical (unpaired) electrons. The van der Waals surface area contributed by atoms with Gasteiger partial charge in [-0.15, -0.1) is 0 Å². The van der Waals surface area contributed by atoms with Crippen molar-refractivity contribution >= 4 is 49.6 Å². The van der Waals surface area contributed by atoms with Crippen LogP contribution in [0.2, 0.25) is 0 Å². The number of sulfonamides is 1. The third kappa shape index (κ3) is 6.73. The Morgan fingerprint density at radius 2 is 1.74 bits per heavy atom. The van der Waals surface area contributed by atoms with E-state index in [1.807, 2.05) is 23.8 Å². The first kappa shape index (κ1) is 31.2. The van der Waals surface area contributed by atoms with Gasteiger partial charge in [-0.2, -0.15) is 0 Å². The Morgan fingerprint density at radius 1 is 0.957 bits per heavy atom. The first-order chi connectivity index (χ1) is 22.2. The van der Waals surface area contributed by atoms with Crippen molar-refractivity contribution in [2.45, 2.75) is 11.8 Å². The van der Waals surface area contributed by atoms with Crippen LogP contribution in [0.3, 0.4) is 0 Å². The lowest BCUT2D eigenvalue weighted by molar-refractivity contribution is 0.122. The van der Waals surface area contributed by atoms with Gasteiger partial charge in [0.05, 0.1) is 47.1 Å². The van der Waals surface area contributed by atoms with E-state index in [0.717, 1.165) is 43.2 Å². The molecule has 0 spiro atoms. The predicted octanol–water partition coefficient (Wildman–Crippen LogP) is 5.89. The van der Waals surface area contributed by atoms with E-state index in [1.165, 1.54) is 23.5 Å². The molecule has 1 saturated heterocycles. The van der Waals surface area contributed by atoms with E-state index in [0.29, 0.717) is 58.4 Å². The fourth-order valence-corrected chi connectivity index (χ4v) is 6.94. The van der Waals surface area contributed by atoms with Crippen molar-refractivity contribution in [3.8, 4) is 21.8 Å². The van der Waals surface area contributed by atoms with E-state index in [1.54, 1.807) is 18.5 Å². The van der Waals surface area contributed by atoms with Gasteiger partial charge >= 0.3 is 0 Å². The number of benzene rings is 2. The molecule has 5 aromatic rings. The zero-order valence-electron chi connectivity index (χ0n) is 24.3. The Morgan fingerprint density at radius 3 is 2.46 bits per heavy atom. The summed E-state index contributed by atoms with van der Waals surface area (Å²) in [5.41, 5.74) is 1.36. The number of nitrogens with zero attached hydrogens (tertiary/aromatic N) is 5. The molecular weight excluding hydrogens is 642 g/mol. The van der Waals surface area contributed by atoms with Gasteiger partial charge in [-0.3, -0.25) is 4.72 Å². The molecule has 1 aliphatic heterocycles. The van der Waals surface area contributed by atoms with Gasteiger partial charge in [-0.25, -0.2) is 41.5 Å². The number of rotatable bonds is 10. The van der Waals surface area contributed by atoms with Crippen molar-refractivity contribution in [2.75, 3.05) is 53.1 Å². The zero-order chi connectivity index (χ0) is 32.3. The lowest BCUT2D eigenvalue weighted by atomic mass is 10.1. The molecule has 0 saturated carbocycles. The molecule has 0 aliphatic carbocycles. The smallest absolute Gasteiger partial charge is 0.267 e. The highest BCUT2D eigenvalue weighted by Gasteiger charge is 2.26. The van der Waals surface area contributed by atoms with Gasteiger partial charge in [-0.1, -0.05) is 17.4 Å². The van der Waals surface area contributed by atoms with E-state index >= 15 is 0 Å². The van der Waals surface area contributed by atoms with E-state index < -0.39 is 38.1 Å². The second-order valence-corrected chi connectivity index (χ2v) is 12.6. The number of morpholine rings is 1. The maximum atomic E-state index is 14.9. The number of ether oxygens (including phenoxy) is 1. The molecule has 2 aromatic carbocycles. The second-order valence-electron chi connectivity index (χ2n) is 9.97. The number of pyridine rings is 1. The van der Waals surface area contributed by atoms with E-state index in [-0.39, 0.29) is 0 Å². The van der Waals surface area contributed by atoms with Gasteiger partial charge in [0.1, 0.15) is 23.3 Å². The molecule has 0 amide bonds. The molecular formula is C30H27F3N8O3S2. The van der Waals surface area contributed by atoms with Crippen molar-refractivity contribution in [2.24, 2.45) is 0 Å². The molecule has 4 heterocycles. The van der Waals surface area contributed by atoms with Crippen LogP contribution in [0.15, 0.2) is 71.9 Å². The zero-order valence-corrected chi connectivity index (χ0v) is 25.9. The minimum absolute atomic E-state index is 0.294. The van der Waals surface area contributed by atoms with Crippen LogP contribution in [0.5, 0.6) is 0 Å². The topological polar surface area (TPSA) is 134 Å². The number of thiazole rings is 1. The van der Waals surface area contributed by atoms with Crippen molar-refractivity contribution < 1.29 is 26.3 Å². The van der Waals surface area contributed by atoms with Crippen LogP contribution in [0.4, 0.5) is 41.4 Å². The Balaban J connectivity index is 1.30. The fourth-order valence-electron chi connectivity index (χ4n) is 4.72. The molecule has 16 heteroatoms. The summed E-state index contributed by atoms with van der Waals surface area (Å²) in [6.45, 7) is 5.31. The van der Waals surface area contributed by atoms with Gasteiger partial charge in [0.15, 0.2) is 10.0 Å². The highest BCUT2D eigenvalue weighted by atomic mass is 32.2. The van der Waals surface area contributed by atoms with Crippen molar-refractivity contribution in [3.63, 3.8) is 0 Å². The molecule has 6 rings (SSSR count). The third-order valence-corrected chi connectivity index (χ3v) is 9.31. The standard InChI is InChI=1S/C30H27F3N8O3S2/c1-2-34-30-39-26(18-6-8-20(31)24(16-18)40-46(42,43)28-21(32)4-3-5-22(28)33)27(45-30)23-10-11-35-29(38-23)37-19-7-9-25(36-17-19)41-12-14-44-15-13-41/h3-11,16-17,40H,2,12-15H2,1H3,(H,34,39)(H,35,37,38). The Labute approximate surface area is 266 Å². The number of hydrogen-bond acceptors (Lipinski definition) is 11. The molecule has 46 heavy (non-hydrogen) atoms. The number of halogens is 3. The summed E-state index contributed by atoms with van der Waals surface area (Å²) in [5, 5.41) is 6.85. The molecule has 0 atom stereocenters. The minimum atomic E-state index is -4.82. The Hall–Kier alpha value is -4.80. The maximum Gasteiger partial charge on any atom is 0.267 e. The van der Waals surface area contributed by atoms with E-state index in [2.05, 4.69) is 35.5 Å². The molecule has 1 fully saturated rings. The maximum absolute atomic E-state index is 14.9. The molecule has 3 N–H and O–H groups in total. The van der Waals surface area contributed by atoms with Crippen LogP contribution in [0.1, 0.15) is 6.92 Å². The lowest BCUT2D eigenvalue weighted by Gasteiger charge is -2.27. The molecule has 0 unspecified atom stereocenters. The van der Waals surface area contributed by atoms with Crippen molar-refractivity contribution in [1.29, 1.82) is 0 Å². The lowest BCUT2D eigenvalue weighted by Crippen LogP contribution is -2.36. The number of hydrogen-bond donors (Lipinski definition) is 3. The summed E-state index contributed by atoms with van der Waals surface area (Å²) in [6.07, 6.45) is 3.26. The minimum Gasteiger partial charge on any atom is -0.378 e. The average molecular weight is 669 g/mol.